The Bertz CT molecular complexity index is 1420. The van der Waals surface area contributed by atoms with Crippen molar-refractivity contribution >= 4 is 51.1 Å². The average molecular weight is 455 g/mol. The molecule has 0 fully saturated rings. The van der Waals surface area contributed by atoms with E-state index in [2.05, 4.69) is 5.32 Å². The second-order valence-corrected chi connectivity index (χ2v) is 7.96. The number of halogens is 1. The van der Waals surface area contributed by atoms with E-state index >= 15 is 0 Å². The van der Waals surface area contributed by atoms with Gasteiger partial charge in [-0.1, -0.05) is 72.3 Å². The molecule has 5 nitrogen and oxygen atoms in total. The maximum absolute atomic E-state index is 13.7. The van der Waals surface area contributed by atoms with Crippen LogP contribution in [0, 0.1) is 0 Å². The Balaban J connectivity index is 1.67. The Morgan fingerprint density at radius 3 is 2.27 bits per heavy atom. The minimum Gasteiger partial charge on any atom is -0.495 e. The van der Waals surface area contributed by atoms with Crippen LogP contribution >= 0.6 is 11.6 Å². The van der Waals surface area contributed by atoms with Gasteiger partial charge < -0.3 is 10.1 Å². The molecule has 0 saturated heterocycles. The Labute approximate surface area is 195 Å². The molecule has 0 atom stereocenters. The minimum atomic E-state index is -0.456. The number of anilines is 2. The van der Waals surface area contributed by atoms with Crippen LogP contribution in [-0.4, -0.2) is 18.9 Å². The first-order valence-corrected chi connectivity index (χ1v) is 10.7. The van der Waals surface area contributed by atoms with Gasteiger partial charge in [0.05, 0.1) is 18.4 Å². The number of para-hydroxylation sites is 2. The molecule has 0 bridgehead atoms. The molecule has 33 heavy (non-hydrogen) atoms. The number of rotatable bonds is 5. The maximum atomic E-state index is 13.7. The summed E-state index contributed by atoms with van der Waals surface area (Å²) in [7, 11) is 1.51. The summed E-state index contributed by atoms with van der Waals surface area (Å²) in [5.41, 5.74) is 2.19. The molecule has 0 aromatic heterocycles. The summed E-state index contributed by atoms with van der Waals surface area (Å²) < 4.78 is 5.42. The molecule has 4 aromatic carbocycles. The molecule has 0 saturated carbocycles. The molecular weight excluding hydrogens is 436 g/mol. The molecular formula is C27H19ClN2O3. The number of amides is 2. The van der Waals surface area contributed by atoms with Crippen LogP contribution in [0.1, 0.15) is 5.56 Å². The summed E-state index contributed by atoms with van der Waals surface area (Å²) in [5.74, 6) is -0.460. The first-order chi connectivity index (χ1) is 16.1. The van der Waals surface area contributed by atoms with Gasteiger partial charge in [-0.15, -0.1) is 0 Å². The van der Waals surface area contributed by atoms with Crippen LogP contribution < -0.4 is 15.0 Å². The Morgan fingerprint density at radius 2 is 1.48 bits per heavy atom. The largest absolute Gasteiger partial charge is 0.495 e. The van der Waals surface area contributed by atoms with Gasteiger partial charge in [0.25, 0.3) is 11.8 Å². The monoisotopic (exact) mass is 454 g/mol. The van der Waals surface area contributed by atoms with E-state index in [1.807, 2.05) is 42.5 Å². The lowest BCUT2D eigenvalue weighted by Gasteiger charge is -2.18. The van der Waals surface area contributed by atoms with E-state index in [0.29, 0.717) is 22.0 Å². The second kappa shape index (κ2) is 8.45. The Morgan fingerprint density at radius 1 is 0.788 bits per heavy atom. The fourth-order valence-electron chi connectivity index (χ4n) is 4.03. The topological polar surface area (TPSA) is 58.6 Å². The zero-order valence-corrected chi connectivity index (χ0v) is 18.5. The van der Waals surface area contributed by atoms with E-state index in [1.165, 1.54) is 7.11 Å². The number of imide groups is 1. The first-order valence-electron chi connectivity index (χ1n) is 10.4. The summed E-state index contributed by atoms with van der Waals surface area (Å²) in [5, 5.41) is 5.77. The smallest absolute Gasteiger partial charge is 0.282 e. The molecule has 1 heterocycles. The highest BCUT2D eigenvalue weighted by atomic mass is 35.5. The summed E-state index contributed by atoms with van der Waals surface area (Å²) in [6.07, 6.45) is 0. The van der Waals surface area contributed by atoms with E-state index in [-0.39, 0.29) is 11.3 Å². The first kappa shape index (κ1) is 20.8. The SMILES string of the molecule is COc1ccccc1N1C(=O)C(Nc2cccc3ccccc23)=C(c2ccc(Cl)cc2)C1=O. The molecule has 1 aliphatic rings. The van der Waals surface area contributed by atoms with E-state index in [4.69, 9.17) is 16.3 Å². The lowest BCUT2D eigenvalue weighted by Crippen LogP contribution is -2.32. The molecule has 1 aliphatic heterocycles. The molecule has 162 valence electrons. The Kier molecular flexibility index (Phi) is 5.32. The number of benzene rings is 4. The van der Waals surface area contributed by atoms with Gasteiger partial charge in [-0.2, -0.15) is 0 Å². The lowest BCUT2D eigenvalue weighted by atomic mass is 10.0. The van der Waals surface area contributed by atoms with Gasteiger partial charge >= 0.3 is 0 Å². The zero-order valence-electron chi connectivity index (χ0n) is 17.7. The number of nitrogens with zero attached hydrogens (tertiary/aromatic N) is 1. The van der Waals surface area contributed by atoms with Gasteiger partial charge in [0.15, 0.2) is 0 Å². The molecule has 0 aliphatic carbocycles. The number of ether oxygens (including phenoxy) is 1. The van der Waals surface area contributed by atoms with Crippen molar-refractivity contribution in [2.75, 3.05) is 17.3 Å². The van der Waals surface area contributed by atoms with Crippen molar-refractivity contribution in [3.63, 3.8) is 0 Å². The van der Waals surface area contributed by atoms with E-state index in [9.17, 15) is 9.59 Å². The molecule has 2 amide bonds. The standard InChI is InChI=1S/C27H19ClN2O3/c1-33-23-12-5-4-11-22(23)30-26(31)24(18-13-15-19(28)16-14-18)25(27(30)32)29-21-10-6-8-17-7-2-3-9-20(17)21/h2-16,29H,1H3. The van der Waals surface area contributed by atoms with Crippen molar-refractivity contribution < 1.29 is 14.3 Å². The van der Waals surface area contributed by atoms with Crippen LogP contribution in [0.2, 0.25) is 5.02 Å². The quantitative estimate of drug-likeness (QED) is 0.381. The molecule has 0 spiro atoms. The number of carbonyl (C=O) groups excluding carboxylic acids is 2. The predicted molar refractivity (Wildman–Crippen MR) is 131 cm³/mol. The van der Waals surface area contributed by atoms with Crippen molar-refractivity contribution in [3.05, 3.63) is 107 Å². The van der Waals surface area contributed by atoms with Crippen molar-refractivity contribution in [1.29, 1.82) is 0 Å². The Hall–Kier alpha value is -4.09. The summed E-state index contributed by atoms with van der Waals surface area (Å²) in [6, 6.07) is 27.5. The fourth-order valence-corrected chi connectivity index (χ4v) is 4.16. The summed E-state index contributed by atoms with van der Waals surface area (Å²) in [6.45, 7) is 0. The van der Waals surface area contributed by atoms with Gasteiger partial charge in [0, 0.05) is 16.1 Å². The third-order valence-corrected chi connectivity index (χ3v) is 5.84. The van der Waals surface area contributed by atoms with Crippen LogP contribution in [-0.2, 0) is 9.59 Å². The second-order valence-electron chi connectivity index (χ2n) is 7.53. The molecule has 0 radical (unpaired) electrons. The number of hydrogen-bond acceptors (Lipinski definition) is 4. The van der Waals surface area contributed by atoms with Crippen molar-refractivity contribution in [3.8, 4) is 5.75 Å². The lowest BCUT2D eigenvalue weighted by molar-refractivity contribution is -0.120. The van der Waals surface area contributed by atoms with E-state index < -0.39 is 11.8 Å². The third kappa shape index (κ3) is 3.62. The summed E-state index contributed by atoms with van der Waals surface area (Å²) in [4.78, 5) is 28.5. The molecule has 1 N–H and O–H groups in total. The molecule has 5 rings (SSSR count). The number of carbonyl (C=O) groups is 2. The molecule has 4 aromatic rings. The normalized spacial score (nSPS) is 13.7. The van der Waals surface area contributed by atoms with Crippen LogP contribution in [0.15, 0.2) is 96.7 Å². The minimum absolute atomic E-state index is 0.199. The van der Waals surface area contributed by atoms with E-state index in [0.717, 1.165) is 21.4 Å². The van der Waals surface area contributed by atoms with Crippen molar-refractivity contribution in [2.24, 2.45) is 0 Å². The molecule has 0 unspecified atom stereocenters. The van der Waals surface area contributed by atoms with Crippen molar-refractivity contribution in [2.45, 2.75) is 0 Å². The number of nitrogens with one attached hydrogen (secondary N) is 1. The number of fused-ring (bicyclic) bond motifs is 1. The predicted octanol–water partition coefficient (Wildman–Crippen LogP) is 5.90. The summed E-state index contributed by atoms with van der Waals surface area (Å²) >= 11 is 6.07. The highest BCUT2D eigenvalue weighted by molar-refractivity contribution is 6.46. The van der Waals surface area contributed by atoms with Crippen LogP contribution in [0.4, 0.5) is 11.4 Å². The average Bonchev–Trinajstić information content (AvgIpc) is 3.09. The molecule has 6 heteroatoms. The van der Waals surface area contributed by atoms with E-state index in [1.54, 1.807) is 48.5 Å². The third-order valence-electron chi connectivity index (χ3n) is 5.59. The van der Waals surface area contributed by atoms with Gasteiger partial charge in [-0.3, -0.25) is 9.59 Å². The van der Waals surface area contributed by atoms with Crippen LogP contribution in [0.5, 0.6) is 5.75 Å². The number of methoxy groups -OCH3 is 1. The van der Waals surface area contributed by atoms with Gasteiger partial charge in [0.1, 0.15) is 11.4 Å². The van der Waals surface area contributed by atoms with Crippen molar-refractivity contribution in [1.82, 2.24) is 0 Å². The highest BCUT2D eigenvalue weighted by Gasteiger charge is 2.41. The number of hydrogen-bond donors (Lipinski definition) is 1. The van der Waals surface area contributed by atoms with Gasteiger partial charge in [0.2, 0.25) is 0 Å². The van der Waals surface area contributed by atoms with Gasteiger partial charge in [-0.05, 0) is 41.3 Å². The zero-order chi connectivity index (χ0) is 22.9. The van der Waals surface area contributed by atoms with Crippen LogP contribution in [0.25, 0.3) is 16.3 Å². The fraction of sp³-hybridized carbons (Fsp3) is 0.0370. The van der Waals surface area contributed by atoms with Crippen LogP contribution in [0.3, 0.4) is 0 Å². The maximum Gasteiger partial charge on any atom is 0.282 e. The highest BCUT2D eigenvalue weighted by Crippen LogP contribution is 2.38. The van der Waals surface area contributed by atoms with Gasteiger partial charge in [-0.25, -0.2) is 4.90 Å².